The van der Waals surface area contributed by atoms with Crippen LogP contribution in [0.15, 0.2) is 48.6 Å². The quantitative estimate of drug-likeness (QED) is 0.0501. The molecule has 1 saturated heterocycles. The summed E-state index contributed by atoms with van der Waals surface area (Å²) >= 11 is 0. The second kappa shape index (κ2) is 28.2. The van der Waals surface area contributed by atoms with Gasteiger partial charge < -0.3 is 40.3 Å². The maximum Gasteiger partial charge on any atom is 0.220 e. The molecule has 0 radical (unpaired) electrons. The minimum Gasteiger partial charge on any atom is -0.394 e. The molecular weight excluding hydrogens is 586 g/mol. The molecule has 9 heteroatoms. The molecule has 9 nitrogen and oxygen atoms in total. The van der Waals surface area contributed by atoms with E-state index in [9.17, 15) is 30.3 Å². The zero-order chi connectivity index (χ0) is 33.8. The van der Waals surface area contributed by atoms with Crippen molar-refractivity contribution >= 4 is 5.91 Å². The Morgan fingerprint density at radius 3 is 1.78 bits per heavy atom. The van der Waals surface area contributed by atoms with Gasteiger partial charge in [-0.05, 0) is 64.2 Å². The first-order valence-corrected chi connectivity index (χ1v) is 17.9. The van der Waals surface area contributed by atoms with Crippen LogP contribution in [0.5, 0.6) is 0 Å². The highest BCUT2D eigenvalue weighted by molar-refractivity contribution is 5.76. The average molecular weight is 652 g/mol. The van der Waals surface area contributed by atoms with Gasteiger partial charge in [0.25, 0.3) is 0 Å². The second-order valence-electron chi connectivity index (χ2n) is 12.3. The molecule has 0 aromatic rings. The lowest BCUT2D eigenvalue weighted by Crippen LogP contribution is -2.60. The van der Waals surface area contributed by atoms with Gasteiger partial charge in [-0.1, -0.05) is 101 Å². The van der Waals surface area contributed by atoms with Gasteiger partial charge in [0, 0.05) is 6.42 Å². The maximum absolute atomic E-state index is 12.7. The van der Waals surface area contributed by atoms with Gasteiger partial charge in [0.05, 0.1) is 25.4 Å². The molecule has 0 aromatic carbocycles. The van der Waals surface area contributed by atoms with Gasteiger partial charge in [-0.15, -0.1) is 0 Å². The van der Waals surface area contributed by atoms with Gasteiger partial charge in [-0.25, -0.2) is 0 Å². The maximum atomic E-state index is 12.7. The van der Waals surface area contributed by atoms with E-state index in [1.807, 2.05) is 6.08 Å². The van der Waals surface area contributed by atoms with Crippen molar-refractivity contribution in [2.45, 2.75) is 166 Å². The fourth-order valence-corrected chi connectivity index (χ4v) is 5.13. The first-order valence-electron chi connectivity index (χ1n) is 17.9. The van der Waals surface area contributed by atoms with Crippen molar-refractivity contribution in [2.75, 3.05) is 13.2 Å². The number of nitrogens with one attached hydrogen (secondary N) is 1. The van der Waals surface area contributed by atoms with Crippen LogP contribution < -0.4 is 5.32 Å². The highest BCUT2D eigenvalue weighted by Crippen LogP contribution is 2.22. The van der Waals surface area contributed by atoms with Crippen molar-refractivity contribution in [3.05, 3.63) is 48.6 Å². The van der Waals surface area contributed by atoms with Gasteiger partial charge in [-0.3, -0.25) is 4.79 Å². The summed E-state index contributed by atoms with van der Waals surface area (Å²) in [7, 11) is 0. The molecule has 0 spiro atoms. The number of carbonyl (C=O) groups is 1. The molecule has 266 valence electrons. The lowest BCUT2D eigenvalue weighted by Gasteiger charge is -2.40. The normalized spacial score (nSPS) is 23.7. The van der Waals surface area contributed by atoms with Crippen LogP contribution in [0.1, 0.15) is 123 Å². The van der Waals surface area contributed by atoms with Crippen molar-refractivity contribution in [2.24, 2.45) is 0 Å². The molecule has 1 fully saturated rings. The molecule has 7 atom stereocenters. The molecule has 0 aliphatic carbocycles. The Labute approximate surface area is 278 Å². The number of aliphatic hydroxyl groups is 5. The van der Waals surface area contributed by atoms with Gasteiger partial charge in [0.1, 0.15) is 24.4 Å². The van der Waals surface area contributed by atoms with Crippen LogP contribution in [0, 0.1) is 0 Å². The third kappa shape index (κ3) is 19.7. The van der Waals surface area contributed by atoms with E-state index in [2.05, 4.69) is 55.6 Å². The molecule has 1 aliphatic rings. The fourth-order valence-electron chi connectivity index (χ4n) is 5.13. The number of amides is 1. The molecule has 1 amide bonds. The molecule has 6 N–H and O–H groups in total. The third-order valence-electron chi connectivity index (χ3n) is 8.10. The summed E-state index contributed by atoms with van der Waals surface area (Å²) in [4.78, 5) is 12.7. The van der Waals surface area contributed by atoms with Crippen molar-refractivity contribution in [3.8, 4) is 0 Å². The Morgan fingerprint density at radius 2 is 1.24 bits per heavy atom. The standard InChI is InChI=1S/C37H65NO8/c1-3-5-7-9-11-13-14-15-16-17-19-20-22-24-26-31(40)30(29-45-37-36(44)35(43)34(42)32(28-39)46-37)38-33(41)27-25-23-21-18-12-10-8-6-4-2/h13-14,17-19,21,24,26,30-32,34-37,39-40,42-44H,3-12,15-16,20,22-23,25,27-29H2,1-2H3,(H,38,41)/b14-13+,19-17+,21-18-,26-24+. The van der Waals surface area contributed by atoms with Gasteiger partial charge >= 0.3 is 0 Å². The molecular formula is C37H65NO8. The number of carbonyl (C=O) groups excluding carboxylic acids is 1. The lowest BCUT2D eigenvalue weighted by molar-refractivity contribution is -0.302. The van der Waals surface area contributed by atoms with E-state index in [1.54, 1.807) is 6.08 Å². The first-order chi connectivity index (χ1) is 22.3. The Hall–Kier alpha value is -1.85. The van der Waals surface area contributed by atoms with E-state index in [0.717, 1.165) is 44.9 Å². The monoisotopic (exact) mass is 651 g/mol. The third-order valence-corrected chi connectivity index (χ3v) is 8.10. The van der Waals surface area contributed by atoms with E-state index in [4.69, 9.17) is 9.47 Å². The summed E-state index contributed by atoms with van der Waals surface area (Å²) in [5, 5.41) is 53.6. The van der Waals surface area contributed by atoms with E-state index < -0.39 is 49.5 Å². The van der Waals surface area contributed by atoms with Crippen molar-refractivity contribution in [3.63, 3.8) is 0 Å². The molecule has 0 bridgehead atoms. The predicted molar refractivity (Wildman–Crippen MR) is 184 cm³/mol. The van der Waals surface area contributed by atoms with Crippen LogP contribution in [0.4, 0.5) is 0 Å². The Morgan fingerprint density at radius 1 is 0.717 bits per heavy atom. The van der Waals surface area contributed by atoms with E-state index in [1.165, 1.54) is 51.4 Å². The molecule has 7 unspecified atom stereocenters. The van der Waals surface area contributed by atoms with Crippen molar-refractivity contribution in [1.82, 2.24) is 5.32 Å². The van der Waals surface area contributed by atoms with Crippen LogP contribution in [-0.4, -0.2) is 87.5 Å². The highest BCUT2D eigenvalue weighted by Gasteiger charge is 2.44. The van der Waals surface area contributed by atoms with E-state index in [-0.39, 0.29) is 18.9 Å². The summed E-state index contributed by atoms with van der Waals surface area (Å²) in [6.45, 7) is 3.62. The Bertz CT molecular complexity index is 858. The fraction of sp³-hybridized carbons (Fsp3) is 0.757. The minimum absolute atomic E-state index is 0.219. The summed E-state index contributed by atoms with van der Waals surface area (Å²) in [5.41, 5.74) is 0. The summed E-state index contributed by atoms with van der Waals surface area (Å²) < 4.78 is 11.1. The molecule has 1 heterocycles. The largest absolute Gasteiger partial charge is 0.394 e. The highest BCUT2D eigenvalue weighted by atomic mass is 16.7. The smallest absolute Gasteiger partial charge is 0.220 e. The first kappa shape index (κ1) is 42.2. The number of allylic oxidation sites excluding steroid dienone is 7. The molecule has 46 heavy (non-hydrogen) atoms. The lowest BCUT2D eigenvalue weighted by atomic mass is 9.99. The molecule has 1 rings (SSSR count). The molecule has 0 saturated carbocycles. The van der Waals surface area contributed by atoms with E-state index >= 15 is 0 Å². The van der Waals surface area contributed by atoms with Crippen LogP contribution in [-0.2, 0) is 14.3 Å². The van der Waals surface area contributed by atoms with Gasteiger partial charge in [-0.2, -0.15) is 0 Å². The SMILES string of the molecule is CCCCCC/C=C\CCCC(=O)NC(COC1OC(CO)C(O)C(O)C1O)C(O)/C=C/CC/C=C/CC/C=C/CCCCCC. The van der Waals surface area contributed by atoms with Gasteiger partial charge in [0.2, 0.25) is 5.91 Å². The van der Waals surface area contributed by atoms with Crippen LogP contribution in [0.25, 0.3) is 0 Å². The zero-order valence-electron chi connectivity index (χ0n) is 28.6. The summed E-state index contributed by atoms with van der Waals surface area (Å²) in [5.74, 6) is -0.232. The topological polar surface area (TPSA) is 149 Å². The van der Waals surface area contributed by atoms with Crippen LogP contribution in [0.3, 0.4) is 0 Å². The number of ether oxygens (including phenoxy) is 2. The Balaban J connectivity index is 2.57. The van der Waals surface area contributed by atoms with Gasteiger partial charge in [0.15, 0.2) is 6.29 Å². The minimum atomic E-state index is -1.58. The predicted octanol–water partition coefficient (Wildman–Crippen LogP) is 5.54. The number of hydrogen-bond acceptors (Lipinski definition) is 8. The average Bonchev–Trinajstić information content (AvgIpc) is 3.05. The zero-order valence-corrected chi connectivity index (χ0v) is 28.6. The summed E-state index contributed by atoms with van der Waals surface area (Å²) in [6, 6.07) is -0.838. The molecule has 1 aliphatic heterocycles. The van der Waals surface area contributed by atoms with Crippen LogP contribution >= 0.6 is 0 Å². The number of hydrogen-bond donors (Lipinski definition) is 6. The van der Waals surface area contributed by atoms with Crippen molar-refractivity contribution in [1.29, 1.82) is 0 Å². The van der Waals surface area contributed by atoms with E-state index in [0.29, 0.717) is 6.42 Å². The van der Waals surface area contributed by atoms with Crippen molar-refractivity contribution < 1.29 is 39.8 Å². The van der Waals surface area contributed by atoms with Crippen LogP contribution in [0.2, 0.25) is 0 Å². The summed E-state index contributed by atoms with van der Waals surface area (Å²) in [6.07, 6.45) is 26.0. The number of rotatable bonds is 27. The number of unbranched alkanes of at least 4 members (excludes halogenated alkanes) is 11. The number of aliphatic hydroxyl groups excluding tert-OH is 5. The second-order valence-corrected chi connectivity index (χ2v) is 12.3. The Kier molecular flexibility index (Phi) is 25.8. The molecule has 0 aromatic heterocycles.